The van der Waals surface area contributed by atoms with E-state index >= 15 is 0 Å². The van der Waals surface area contributed by atoms with Gasteiger partial charge in [-0.25, -0.2) is 13.7 Å². The summed E-state index contributed by atoms with van der Waals surface area (Å²) in [6, 6.07) is 4.34. The predicted molar refractivity (Wildman–Crippen MR) is 105 cm³/mol. The lowest BCUT2D eigenvalue weighted by Crippen LogP contribution is -2.41. The van der Waals surface area contributed by atoms with Crippen LogP contribution >= 0.6 is 0 Å². The number of carbonyl (C=O) groups is 2. The Morgan fingerprint density at radius 1 is 1.24 bits per heavy atom. The van der Waals surface area contributed by atoms with E-state index in [1.54, 1.807) is 9.42 Å². The van der Waals surface area contributed by atoms with E-state index in [9.17, 15) is 14.0 Å². The monoisotopic (exact) mass is 401 g/mol. The number of amides is 2. The molecule has 8 nitrogen and oxygen atoms in total. The molecule has 2 aromatic heterocycles. The summed E-state index contributed by atoms with van der Waals surface area (Å²) in [4.78, 5) is 28.8. The summed E-state index contributed by atoms with van der Waals surface area (Å²) < 4.78 is 20.8. The number of aromatic amines is 1. The van der Waals surface area contributed by atoms with Crippen molar-refractivity contribution >= 4 is 28.7 Å². The maximum absolute atomic E-state index is 13.8. The zero-order valence-corrected chi connectivity index (χ0v) is 16.7. The molecule has 1 aromatic carbocycles. The lowest BCUT2D eigenvalue weighted by atomic mass is 9.94. The lowest BCUT2D eigenvalue weighted by Gasteiger charge is -2.32. The van der Waals surface area contributed by atoms with Crippen molar-refractivity contribution in [3.8, 4) is 0 Å². The van der Waals surface area contributed by atoms with Crippen LogP contribution in [0.3, 0.4) is 0 Å². The van der Waals surface area contributed by atoms with Crippen LogP contribution in [0.25, 0.3) is 16.7 Å². The Balaban J connectivity index is 1.57. The van der Waals surface area contributed by atoms with Crippen LogP contribution in [0.2, 0.25) is 0 Å². The molecule has 1 saturated heterocycles. The van der Waals surface area contributed by atoms with Gasteiger partial charge in [-0.1, -0.05) is 0 Å². The first-order chi connectivity index (χ1) is 13.6. The standard InChI is InChI=1S/C20H24FN5O3/c1-20(2,3)29-19(28)25-6-4-11(5-7-25)14-10-16-23-15-9-12(21)8-13(18(22)27)17(15)26(16)24-14/h8-11,23H,4-7H2,1-3H3,(H2,22,27). The number of fused-ring (bicyclic) bond motifs is 3. The number of nitrogens with zero attached hydrogens (tertiary/aromatic N) is 3. The number of rotatable bonds is 2. The molecule has 154 valence electrons. The molecule has 0 spiro atoms. The molecule has 3 aromatic rings. The fourth-order valence-electron chi connectivity index (χ4n) is 3.79. The molecule has 29 heavy (non-hydrogen) atoms. The van der Waals surface area contributed by atoms with Crippen LogP contribution in [0, 0.1) is 5.82 Å². The number of hydrogen-bond acceptors (Lipinski definition) is 4. The Morgan fingerprint density at radius 2 is 1.93 bits per heavy atom. The van der Waals surface area contributed by atoms with Crippen molar-refractivity contribution in [3.63, 3.8) is 0 Å². The molecule has 0 bridgehead atoms. The van der Waals surface area contributed by atoms with Crippen molar-refractivity contribution in [3.05, 3.63) is 35.3 Å². The number of nitrogens with two attached hydrogens (primary N) is 1. The minimum atomic E-state index is -0.710. The van der Waals surface area contributed by atoms with Gasteiger partial charge in [-0.15, -0.1) is 0 Å². The molecule has 0 unspecified atom stereocenters. The third kappa shape index (κ3) is 3.64. The van der Waals surface area contributed by atoms with Crippen molar-refractivity contribution in [1.29, 1.82) is 0 Å². The van der Waals surface area contributed by atoms with Gasteiger partial charge in [0.05, 0.1) is 16.8 Å². The summed E-state index contributed by atoms with van der Waals surface area (Å²) in [5, 5.41) is 4.65. The second-order valence-corrected chi connectivity index (χ2v) is 8.45. The molecule has 0 radical (unpaired) electrons. The van der Waals surface area contributed by atoms with Gasteiger partial charge in [0.25, 0.3) is 5.91 Å². The fraction of sp³-hybridized carbons (Fsp3) is 0.450. The highest BCUT2D eigenvalue weighted by Gasteiger charge is 2.29. The Labute approximate surface area is 166 Å². The van der Waals surface area contributed by atoms with Crippen molar-refractivity contribution in [2.24, 2.45) is 5.73 Å². The number of likely N-dealkylation sites (tertiary alicyclic amines) is 1. The lowest BCUT2D eigenvalue weighted by molar-refractivity contribution is 0.0204. The van der Waals surface area contributed by atoms with Crippen LogP contribution in [-0.4, -0.2) is 50.2 Å². The van der Waals surface area contributed by atoms with Crippen molar-refractivity contribution in [1.82, 2.24) is 19.5 Å². The number of benzene rings is 1. The van der Waals surface area contributed by atoms with Gasteiger partial charge in [-0.05, 0) is 45.7 Å². The topological polar surface area (TPSA) is 106 Å². The summed E-state index contributed by atoms with van der Waals surface area (Å²) >= 11 is 0. The second-order valence-electron chi connectivity index (χ2n) is 8.45. The van der Waals surface area contributed by atoms with Gasteiger partial charge in [0.15, 0.2) is 0 Å². The van der Waals surface area contributed by atoms with E-state index in [4.69, 9.17) is 10.5 Å². The highest BCUT2D eigenvalue weighted by Crippen LogP contribution is 2.30. The molecule has 3 N–H and O–H groups in total. The Kier molecular flexibility index (Phi) is 4.48. The van der Waals surface area contributed by atoms with E-state index < -0.39 is 17.3 Å². The summed E-state index contributed by atoms with van der Waals surface area (Å²) in [5.74, 6) is -1.07. The average Bonchev–Trinajstić information content (AvgIpc) is 3.17. The smallest absolute Gasteiger partial charge is 0.410 e. The van der Waals surface area contributed by atoms with Crippen LogP contribution in [-0.2, 0) is 4.74 Å². The van der Waals surface area contributed by atoms with Crippen LogP contribution in [0.4, 0.5) is 9.18 Å². The molecule has 3 heterocycles. The van der Waals surface area contributed by atoms with Crippen molar-refractivity contribution < 1.29 is 18.7 Å². The number of carbonyl (C=O) groups excluding carboxylic acids is 2. The number of nitrogens with one attached hydrogen (secondary N) is 1. The summed E-state index contributed by atoms with van der Waals surface area (Å²) in [5.41, 5.74) is 7.45. The molecule has 0 aliphatic carbocycles. The Hall–Kier alpha value is -3.10. The minimum Gasteiger partial charge on any atom is -0.444 e. The number of ether oxygens (including phenoxy) is 1. The molecule has 4 rings (SSSR count). The summed E-state index contributed by atoms with van der Waals surface area (Å²) in [6.07, 6.45) is 1.22. The van der Waals surface area contributed by atoms with Gasteiger partial charge in [-0.3, -0.25) is 4.79 Å². The maximum Gasteiger partial charge on any atom is 0.410 e. The third-order valence-electron chi connectivity index (χ3n) is 5.11. The van der Waals surface area contributed by atoms with Crippen molar-refractivity contribution in [2.75, 3.05) is 13.1 Å². The summed E-state index contributed by atoms with van der Waals surface area (Å²) in [6.45, 7) is 6.72. The first-order valence-electron chi connectivity index (χ1n) is 9.61. The van der Waals surface area contributed by atoms with Crippen molar-refractivity contribution in [2.45, 2.75) is 45.1 Å². The number of piperidine rings is 1. The number of imidazole rings is 1. The number of primary amides is 1. The van der Waals surface area contributed by atoms with E-state index in [1.165, 1.54) is 6.07 Å². The largest absolute Gasteiger partial charge is 0.444 e. The molecule has 0 saturated carbocycles. The van der Waals surface area contributed by atoms with E-state index in [0.29, 0.717) is 29.8 Å². The highest BCUT2D eigenvalue weighted by molar-refractivity contribution is 6.05. The maximum atomic E-state index is 13.8. The number of aromatic nitrogens is 3. The van der Waals surface area contributed by atoms with Crippen LogP contribution < -0.4 is 5.73 Å². The Bertz CT molecular complexity index is 1100. The molecule has 2 amide bonds. The van der Waals surface area contributed by atoms with Gasteiger partial charge in [0.1, 0.15) is 22.6 Å². The van der Waals surface area contributed by atoms with E-state index in [0.717, 1.165) is 24.6 Å². The Morgan fingerprint density at radius 3 is 2.55 bits per heavy atom. The SMILES string of the molecule is CC(C)(C)OC(=O)N1CCC(c2cc3[nH]c4cc(F)cc(C(N)=O)c4n3n2)CC1. The molecule has 0 atom stereocenters. The molecular formula is C20H24FN5O3. The van der Waals surface area contributed by atoms with Gasteiger partial charge < -0.3 is 20.4 Å². The number of H-pyrrole nitrogens is 1. The minimum absolute atomic E-state index is 0.0839. The number of halogens is 1. The highest BCUT2D eigenvalue weighted by atomic mass is 19.1. The van der Waals surface area contributed by atoms with Gasteiger partial charge in [0.2, 0.25) is 0 Å². The quantitative estimate of drug-likeness (QED) is 0.688. The van der Waals surface area contributed by atoms with E-state index in [1.807, 2.05) is 26.8 Å². The van der Waals surface area contributed by atoms with Gasteiger partial charge in [-0.2, -0.15) is 5.10 Å². The van der Waals surface area contributed by atoms with Crippen LogP contribution in [0.1, 0.15) is 55.6 Å². The molecule has 1 fully saturated rings. The molecule has 1 aliphatic heterocycles. The molecular weight excluding hydrogens is 377 g/mol. The van der Waals surface area contributed by atoms with E-state index in [-0.39, 0.29) is 17.6 Å². The normalized spacial score (nSPS) is 15.9. The van der Waals surface area contributed by atoms with E-state index in [2.05, 4.69) is 10.1 Å². The molecule has 1 aliphatic rings. The van der Waals surface area contributed by atoms with Gasteiger partial charge in [0, 0.05) is 25.1 Å². The number of hydrogen-bond donors (Lipinski definition) is 2. The third-order valence-corrected chi connectivity index (χ3v) is 5.11. The fourth-order valence-corrected chi connectivity index (χ4v) is 3.79. The zero-order chi connectivity index (χ0) is 20.9. The van der Waals surface area contributed by atoms with Gasteiger partial charge >= 0.3 is 6.09 Å². The molecule has 9 heteroatoms. The first-order valence-corrected chi connectivity index (χ1v) is 9.61. The first kappa shape index (κ1) is 19.2. The average molecular weight is 401 g/mol. The van der Waals surface area contributed by atoms with Crippen LogP contribution in [0.5, 0.6) is 0 Å². The van der Waals surface area contributed by atoms with Crippen LogP contribution in [0.15, 0.2) is 18.2 Å². The second kappa shape index (κ2) is 6.75. The predicted octanol–water partition coefficient (Wildman–Crippen LogP) is 3.17. The zero-order valence-electron chi connectivity index (χ0n) is 16.7. The summed E-state index contributed by atoms with van der Waals surface area (Å²) in [7, 11) is 0.